The highest BCUT2D eigenvalue weighted by Crippen LogP contribution is 2.33. The predicted octanol–water partition coefficient (Wildman–Crippen LogP) is 0.729. The lowest BCUT2D eigenvalue weighted by molar-refractivity contribution is -0.146. The van der Waals surface area contributed by atoms with Crippen LogP contribution in [-0.2, 0) is 19.1 Å². The molecule has 40 heteroatoms. The monoisotopic (exact) mass is 1230 g/mol. The van der Waals surface area contributed by atoms with Crippen LogP contribution in [0, 0.1) is 0 Å². The number of ether oxygens (including phenoxy) is 2. The van der Waals surface area contributed by atoms with E-state index in [9.17, 15) is 95.9 Å². The van der Waals surface area contributed by atoms with Gasteiger partial charge in [0.2, 0.25) is 0 Å². The number of allylic oxidation sites excluding steroid dienone is 1. The highest BCUT2D eigenvalue weighted by molar-refractivity contribution is 6.26. The normalized spacial score (nSPS) is 9.93. The quantitative estimate of drug-likeness (QED) is 0.0241. The van der Waals surface area contributed by atoms with Crippen LogP contribution in [0.4, 0.5) is 0 Å². The molecule has 3 rings (SSSR count). The Morgan fingerprint density at radius 2 is 0.395 bits per heavy atom. The van der Waals surface area contributed by atoms with Crippen LogP contribution in [0.15, 0.2) is 12.2 Å². The summed E-state index contributed by atoms with van der Waals surface area (Å²) in [6.45, 7) is 8.00. The van der Waals surface area contributed by atoms with E-state index in [1.807, 2.05) is 6.92 Å². The first-order valence-corrected chi connectivity index (χ1v) is 21.2. The fourth-order valence-corrected chi connectivity index (χ4v) is 6.79. The third-order valence-electron chi connectivity index (χ3n) is 9.83. The molecule has 0 aliphatic heterocycles. The Hall–Kier alpha value is -13.0. The number of carbonyl (C=O) groups is 20. The van der Waals surface area contributed by atoms with Gasteiger partial charge in [-0.15, -0.1) is 0 Å². The fourth-order valence-electron chi connectivity index (χ4n) is 6.79. The molecule has 0 saturated carbocycles. The summed E-state index contributed by atoms with van der Waals surface area (Å²) in [6, 6.07) is 0. The molecule has 40 nitrogen and oxygen atoms in total. The van der Waals surface area contributed by atoms with Crippen LogP contribution in [0.3, 0.4) is 0 Å². The van der Waals surface area contributed by atoms with Crippen molar-refractivity contribution >= 4 is 119 Å². The Bertz CT molecular complexity index is 2680. The van der Waals surface area contributed by atoms with Crippen molar-refractivity contribution in [3.8, 4) is 0 Å². The molecule has 3 aromatic rings. The zero-order chi connectivity index (χ0) is 67.8. The Morgan fingerprint density at radius 3 is 0.488 bits per heavy atom. The van der Waals surface area contributed by atoms with Gasteiger partial charge in [0, 0.05) is 6.61 Å². The number of ketones is 1. The Balaban J connectivity index is 0.00000114. The minimum absolute atomic E-state index is 0.191. The van der Waals surface area contributed by atoms with Crippen LogP contribution in [0.25, 0.3) is 0 Å². The Labute approximate surface area is 468 Å². The minimum atomic E-state index is -2.26. The average Bonchev–Trinajstić information content (AvgIpc) is 0.960. The van der Waals surface area contributed by atoms with Gasteiger partial charge in [0.15, 0.2) is 5.78 Å². The van der Waals surface area contributed by atoms with E-state index < -0.39 is 214 Å². The van der Waals surface area contributed by atoms with Crippen molar-refractivity contribution in [3.63, 3.8) is 0 Å². The SMILES string of the molecule is C=C(C)C(=O)CC(=O)OCCOCC.O=C(O)c1c(C(=O)O)c(C(=O)O)c(C(=O)O)c(C(=O)O)c1C(=O)O.O=C(O)c1c(C(=O)O)c(C(=O)O)c(C(=O)O)c(C(=O)O)c1C(=O)O.O=C(O)c1c(C(=O)O)c(C(=O)O)c(C(=O)O)c(C(=O)O)c1C(=O)O. The molecule has 0 fully saturated rings. The molecule has 86 heavy (non-hydrogen) atoms. The van der Waals surface area contributed by atoms with Crippen LogP contribution < -0.4 is 0 Å². The summed E-state index contributed by atoms with van der Waals surface area (Å²) in [7, 11) is 0. The van der Waals surface area contributed by atoms with Crippen LogP contribution in [0.2, 0.25) is 0 Å². The lowest BCUT2D eigenvalue weighted by Crippen LogP contribution is -2.27. The van der Waals surface area contributed by atoms with Crippen molar-refractivity contribution < 1.29 is 197 Å². The first kappa shape index (κ1) is 73.0. The van der Waals surface area contributed by atoms with Crippen molar-refractivity contribution in [3.05, 3.63) is 112 Å². The average molecular weight is 1230 g/mol. The molecule has 0 heterocycles. The van der Waals surface area contributed by atoms with E-state index in [4.69, 9.17) is 101 Å². The number of carboxylic acid groups (broad SMARTS) is 18. The second kappa shape index (κ2) is 30.0. The molecule has 18 N–H and O–H groups in total. The lowest BCUT2D eigenvalue weighted by Gasteiger charge is -2.15. The summed E-state index contributed by atoms with van der Waals surface area (Å²) < 4.78 is 9.70. The van der Waals surface area contributed by atoms with Crippen molar-refractivity contribution in [1.82, 2.24) is 0 Å². The van der Waals surface area contributed by atoms with Crippen molar-refractivity contribution in [2.45, 2.75) is 20.3 Å². The smallest absolute Gasteiger partial charge is 0.337 e. The van der Waals surface area contributed by atoms with E-state index in [0.29, 0.717) is 18.8 Å². The van der Waals surface area contributed by atoms with Crippen molar-refractivity contribution in [1.29, 1.82) is 0 Å². The summed E-state index contributed by atoms with van der Waals surface area (Å²) in [5.74, 6) is -41.5. The highest BCUT2D eigenvalue weighted by Gasteiger charge is 2.44. The predicted molar refractivity (Wildman–Crippen MR) is 256 cm³/mol. The minimum Gasteiger partial charge on any atom is -0.478 e. The molecule has 0 atom stereocenters. The third-order valence-corrected chi connectivity index (χ3v) is 9.83. The zero-order valence-corrected chi connectivity index (χ0v) is 42.1. The molecule has 0 unspecified atom stereocenters. The van der Waals surface area contributed by atoms with Crippen molar-refractivity contribution in [2.75, 3.05) is 19.8 Å². The molecule has 0 spiro atoms. The van der Waals surface area contributed by atoms with Crippen LogP contribution >= 0.6 is 0 Å². The summed E-state index contributed by atoms with van der Waals surface area (Å²) in [5.41, 5.74) is -29.5. The van der Waals surface area contributed by atoms with Crippen LogP contribution in [-0.4, -0.2) is 231 Å². The number of carbonyl (C=O) groups excluding carboxylic acids is 2. The van der Waals surface area contributed by atoms with Gasteiger partial charge in [-0.05, 0) is 19.4 Å². The standard InChI is InChI=1S/3C12H6O12.C10H16O4/c3*13-7(14)1-2(8(15)16)4(10(19)20)6(12(23)24)5(11(21)22)3(1)9(17)18;1-4-13-5-6-14-10(12)7-9(11)8(2)3/h3*(H,13,14)(H,15,16)(H,17,18)(H,19,20)(H,21,22)(H,23,24);2,4-7H2,1,3H3. The van der Waals surface area contributed by atoms with E-state index in [2.05, 4.69) is 6.58 Å². The number of carboxylic acids is 18. The second-order valence-electron chi connectivity index (χ2n) is 15.0. The van der Waals surface area contributed by atoms with Gasteiger partial charge < -0.3 is 101 Å². The van der Waals surface area contributed by atoms with Crippen molar-refractivity contribution in [2.24, 2.45) is 0 Å². The fraction of sp³-hybridized carbons (Fsp3) is 0.130. The van der Waals surface area contributed by atoms with Gasteiger partial charge in [-0.25, -0.2) is 86.3 Å². The van der Waals surface area contributed by atoms with Gasteiger partial charge in [0.05, 0.1) is 107 Å². The number of aromatic carboxylic acids is 18. The maximum Gasteiger partial charge on any atom is 0.337 e. The molecule has 0 amide bonds. The van der Waals surface area contributed by atoms with Crippen LogP contribution in [0.5, 0.6) is 0 Å². The summed E-state index contributed by atoms with van der Waals surface area (Å²) in [4.78, 5) is 224. The third kappa shape index (κ3) is 16.5. The molecule has 0 radical (unpaired) electrons. The molecule has 0 aliphatic carbocycles. The van der Waals surface area contributed by atoms with E-state index in [1.165, 1.54) is 0 Å². The number of Topliss-reactive ketones (excluding diaryl/α,β-unsaturated/α-hetero) is 1. The van der Waals surface area contributed by atoms with E-state index in [0.717, 1.165) is 0 Å². The highest BCUT2D eigenvalue weighted by atomic mass is 16.6. The topological polar surface area (TPSA) is 724 Å². The maximum atomic E-state index is 11.2. The first-order chi connectivity index (χ1) is 39.4. The van der Waals surface area contributed by atoms with Gasteiger partial charge in [-0.2, -0.15) is 0 Å². The molecule has 0 aromatic heterocycles. The summed E-state index contributed by atoms with van der Waals surface area (Å²) in [6.07, 6.45) is -0.235. The largest absolute Gasteiger partial charge is 0.478 e. The van der Waals surface area contributed by atoms with Gasteiger partial charge in [0.1, 0.15) is 13.0 Å². The summed E-state index contributed by atoms with van der Waals surface area (Å²) >= 11 is 0. The number of hydrogen-bond acceptors (Lipinski definition) is 22. The molecule has 458 valence electrons. The second-order valence-corrected chi connectivity index (χ2v) is 15.0. The van der Waals surface area contributed by atoms with E-state index in [-0.39, 0.29) is 18.8 Å². The Kier molecular flexibility index (Phi) is 25.4. The van der Waals surface area contributed by atoms with Gasteiger partial charge in [-0.3, -0.25) is 9.59 Å². The number of benzene rings is 3. The molecular weight excluding hydrogens is 1190 g/mol. The first-order valence-electron chi connectivity index (χ1n) is 21.2. The maximum absolute atomic E-state index is 11.2. The number of esters is 1. The molecule has 0 bridgehead atoms. The molecular formula is C46H34O40. The molecule has 3 aromatic carbocycles. The van der Waals surface area contributed by atoms with E-state index >= 15 is 0 Å². The van der Waals surface area contributed by atoms with E-state index in [1.54, 1.807) is 6.92 Å². The van der Waals surface area contributed by atoms with Gasteiger partial charge in [0.25, 0.3) is 0 Å². The Morgan fingerprint density at radius 1 is 0.267 bits per heavy atom. The zero-order valence-electron chi connectivity index (χ0n) is 42.1. The van der Waals surface area contributed by atoms with Gasteiger partial charge >= 0.3 is 113 Å². The number of rotatable bonds is 25. The number of hydrogen-bond donors (Lipinski definition) is 18. The summed E-state index contributed by atoms with van der Waals surface area (Å²) in [5, 5.41) is 162. The van der Waals surface area contributed by atoms with Crippen LogP contribution in [0.1, 0.15) is 207 Å². The molecule has 0 aliphatic rings. The van der Waals surface area contributed by atoms with Gasteiger partial charge in [-0.1, -0.05) is 6.58 Å². The lowest BCUT2D eigenvalue weighted by atomic mass is 9.86. The molecule has 0 saturated heterocycles.